The van der Waals surface area contributed by atoms with Crippen LogP contribution in [0.5, 0.6) is 0 Å². The number of cyclic esters (lactones) is 1. The molecule has 18 heavy (non-hydrogen) atoms. The molecular formula is C13H21BrO4. The molecule has 0 saturated carbocycles. The van der Waals surface area contributed by atoms with Crippen molar-refractivity contribution in [2.45, 2.75) is 46.1 Å². The van der Waals surface area contributed by atoms with Crippen LogP contribution in [0, 0.1) is 11.3 Å². The summed E-state index contributed by atoms with van der Waals surface area (Å²) in [7, 11) is 0. The van der Waals surface area contributed by atoms with Crippen LogP contribution < -0.4 is 0 Å². The van der Waals surface area contributed by atoms with Crippen LogP contribution in [0.4, 0.5) is 0 Å². The molecule has 0 aromatic carbocycles. The minimum Gasteiger partial charge on any atom is -0.465 e. The van der Waals surface area contributed by atoms with E-state index < -0.39 is 17.4 Å². The van der Waals surface area contributed by atoms with E-state index in [9.17, 15) is 9.59 Å². The number of hydrogen-bond donors (Lipinski definition) is 0. The number of alkyl halides is 1. The van der Waals surface area contributed by atoms with Gasteiger partial charge in [0.1, 0.15) is 6.10 Å². The number of halogens is 1. The Morgan fingerprint density at radius 3 is 2.72 bits per heavy atom. The van der Waals surface area contributed by atoms with Crippen molar-refractivity contribution >= 4 is 27.9 Å². The highest BCUT2D eigenvalue weighted by Gasteiger charge is 2.55. The van der Waals surface area contributed by atoms with Gasteiger partial charge in [0.15, 0.2) is 5.41 Å². The van der Waals surface area contributed by atoms with E-state index in [1.54, 1.807) is 6.92 Å². The first-order valence-electron chi connectivity index (χ1n) is 6.40. The monoisotopic (exact) mass is 320 g/mol. The molecule has 1 aliphatic rings. The van der Waals surface area contributed by atoms with Gasteiger partial charge < -0.3 is 9.47 Å². The molecule has 0 aromatic rings. The molecule has 1 saturated heterocycles. The number of rotatable bonds is 6. The summed E-state index contributed by atoms with van der Waals surface area (Å²) in [6.45, 7) is 6.17. The average molecular weight is 321 g/mol. The summed E-state index contributed by atoms with van der Waals surface area (Å²) in [6, 6.07) is 0. The van der Waals surface area contributed by atoms with Gasteiger partial charge in [-0.05, 0) is 25.7 Å². The van der Waals surface area contributed by atoms with Crippen LogP contribution in [0.1, 0.15) is 40.0 Å². The van der Waals surface area contributed by atoms with Crippen LogP contribution in [0.25, 0.3) is 0 Å². The molecule has 4 nitrogen and oxygen atoms in total. The molecule has 0 spiro atoms. The average Bonchev–Trinajstić information content (AvgIpc) is 2.65. The zero-order valence-electron chi connectivity index (χ0n) is 11.2. The normalized spacial score (nSPS) is 27.4. The number of esters is 2. The van der Waals surface area contributed by atoms with Crippen molar-refractivity contribution in [1.29, 1.82) is 0 Å². The molecule has 0 radical (unpaired) electrons. The lowest BCUT2D eigenvalue weighted by atomic mass is 9.79. The van der Waals surface area contributed by atoms with Crippen LogP contribution in [-0.2, 0) is 19.1 Å². The molecular weight excluding hydrogens is 300 g/mol. The Morgan fingerprint density at radius 2 is 2.28 bits per heavy atom. The van der Waals surface area contributed by atoms with Gasteiger partial charge in [-0.3, -0.25) is 9.59 Å². The third kappa shape index (κ3) is 3.25. The second-order valence-corrected chi connectivity index (χ2v) is 5.77. The predicted octanol–water partition coefficient (Wildman–Crippen LogP) is 2.68. The van der Waals surface area contributed by atoms with E-state index in [0.29, 0.717) is 24.1 Å². The lowest BCUT2D eigenvalue weighted by molar-refractivity contribution is -0.165. The quantitative estimate of drug-likeness (QED) is 0.429. The van der Waals surface area contributed by atoms with Crippen molar-refractivity contribution < 1.29 is 19.1 Å². The Labute approximate surface area is 117 Å². The third-order valence-corrected chi connectivity index (χ3v) is 3.95. The Balaban J connectivity index is 2.87. The molecule has 0 N–H and O–H groups in total. The van der Waals surface area contributed by atoms with E-state index in [4.69, 9.17) is 9.47 Å². The van der Waals surface area contributed by atoms with Crippen LogP contribution in [0.3, 0.4) is 0 Å². The molecule has 0 bridgehead atoms. The number of ether oxygens (including phenoxy) is 2. The Kier molecular flexibility index (Phi) is 5.63. The summed E-state index contributed by atoms with van der Waals surface area (Å²) in [4.78, 5) is 24.2. The molecule has 2 atom stereocenters. The SMILES string of the molecule is CCOC(=O)C1(CCC(C)C)CC(CBr)OC1=O. The van der Waals surface area contributed by atoms with E-state index in [-0.39, 0.29) is 12.7 Å². The van der Waals surface area contributed by atoms with E-state index in [2.05, 4.69) is 29.8 Å². The van der Waals surface area contributed by atoms with Crippen molar-refractivity contribution in [2.75, 3.05) is 11.9 Å². The zero-order chi connectivity index (χ0) is 13.8. The summed E-state index contributed by atoms with van der Waals surface area (Å²) in [5, 5.41) is 0.557. The molecule has 104 valence electrons. The minimum absolute atomic E-state index is 0.228. The lowest BCUT2D eigenvalue weighted by Crippen LogP contribution is -2.37. The summed E-state index contributed by atoms with van der Waals surface area (Å²) >= 11 is 3.29. The molecule has 1 aliphatic heterocycles. The van der Waals surface area contributed by atoms with Gasteiger partial charge in [-0.2, -0.15) is 0 Å². The second kappa shape index (κ2) is 6.55. The number of carbonyl (C=O) groups is 2. The molecule has 5 heteroatoms. The first-order valence-corrected chi connectivity index (χ1v) is 7.52. The molecule has 0 aromatic heterocycles. The highest BCUT2D eigenvalue weighted by Crippen LogP contribution is 2.41. The summed E-state index contributed by atoms with van der Waals surface area (Å²) in [5.74, 6) is -0.419. The highest BCUT2D eigenvalue weighted by atomic mass is 79.9. The maximum Gasteiger partial charge on any atom is 0.323 e. The Hall–Kier alpha value is -0.580. The molecule has 1 heterocycles. The molecule has 0 aliphatic carbocycles. The first-order chi connectivity index (χ1) is 8.46. The topological polar surface area (TPSA) is 52.6 Å². The maximum atomic E-state index is 12.1. The van der Waals surface area contributed by atoms with Gasteiger partial charge in [-0.15, -0.1) is 0 Å². The molecule has 1 rings (SSSR count). The zero-order valence-corrected chi connectivity index (χ0v) is 12.8. The van der Waals surface area contributed by atoms with Crippen molar-refractivity contribution in [2.24, 2.45) is 11.3 Å². The number of hydrogen-bond acceptors (Lipinski definition) is 4. The summed E-state index contributed by atoms with van der Waals surface area (Å²) < 4.78 is 10.3. The van der Waals surface area contributed by atoms with Crippen LogP contribution in [-0.4, -0.2) is 30.0 Å². The Morgan fingerprint density at radius 1 is 1.61 bits per heavy atom. The summed E-state index contributed by atoms with van der Waals surface area (Å²) in [5.41, 5.74) is -1.08. The van der Waals surface area contributed by atoms with Gasteiger partial charge in [0.2, 0.25) is 0 Å². The molecule has 2 unspecified atom stereocenters. The lowest BCUT2D eigenvalue weighted by Gasteiger charge is -2.23. The summed E-state index contributed by atoms with van der Waals surface area (Å²) in [6.07, 6.45) is 1.51. The number of carbonyl (C=O) groups excluding carboxylic acids is 2. The molecule has 1 fully saturated rings. The van der Waals surface area contributed by atoms with Crippen LogP contribution in [0.15, 0.2) is 0 Å². The van der Waals surface area contributed by atoms with Gasteiger partial charge in [-0.1, -0.05) is 29.8 Å². The van der Waals surface area contributed by atoms with E-state index in [1.807, 2.05) is 0 Å². The van der Waals surface area contributed by atoms with Crippen LogP contribution in [0.2, 0.25) is 0 Å². The maximum absolute atomic E-state index is 12.1. The van der Waals surface area contributed by atoms with Crippen molar-refractivity contribution in [1.82, 2.24) is 0 Å². The fourth-order valence-electron chi connectivity index (χ4n) is 2.14. The highest BCUT2D eigenvalue weighted by molar-refractivity contribution is 9.09. The van der Waals surface area contributed by atoms with Crippen LogP contribution >= 0.6 is 15.9 Å². The second-order valence-electron chi connectivity index (χ2n) is 5.12. The minimum atomic E-state index is -1.08. The van der Waals surface area contributed by atoms with Gasteiger partial charge in [-0.25, -0.2) is 0 Å². The van der Waals surface area contributed by atoms with Gasteiger partial charge in [0, 0.05) is 11.8 Å². The van der Waals surface area contributed by atoms with Gasteiger partial charge in [0.25, 0.3) is 0 Å². The van der Waals surface area contributed by atoms with Crippen molar-refractivity contribution in [3.05, 3.63) is 0 Å². The first kappa shape index (κ1) is 15.5. The predicted molar refractivity (Wildman–Crippen MR) is 71.4 cm³/mol. The fourth-order valence-corrected chi connectivity index (χ4v) is 2.50. The fraction of sp³-hybridized carbons (Fsp3) is 0.846. The third-order valence-electron chi connectivity index (χ3n) is 3.23. The van der Waals surface area contributed by atoms with Gasteiger partial charge in [0.05, 0.1) is 6.61 Å². The van der Waals surface area contributed by atoms with E-state index in [1.165, 1.54) is 0 Å². The van der Waals surface area contributed by atoms with Crippen molar-refractivity contribution in [3.63, 3.8) is 0 Å². The van der Waals surface area contributed by atoms with E-state index in [0.717, 1.165) is 6.42 Å². The largest absolute Gasteiger partial charge is 0.465 e. The standard InChI is InChI=1S/C13H21BrO4/c1-4-17-11(15)13(6-5-9(2)3)7-10(8-14)18-12(13)16/h9-10H,4-8H2,1-3H3. The van der Waals surface area contributed by atoms with Crippen molar-refractivity contribution in [3.8, 4) is 0 Å². The molecule has 0 amide bonds. The van der Waals surface area contributed by atoms with E-state index >= 15 is 0 Å². The Bertz CT molecular complexity index is 316. The van der Waals surface area contributed by atoms with Gasteiger partial charge >= 0.3 is 11.9 Å². The smallest absolute Gasteiger partial charge is 0.323 e.